The van der Waals surface area contributed by atoms with E-state index in [1.54, 1.807) is 0 Å². The van der Waals surface area contributed by atoms with Crippen molar-refractivity contribution in [1.29, 1.82) is 0 Å². The average molecular weight is 226 g/mol. The molecule has 0 atom stereocenters. The van der Waals surface area contributed by atoms with Gasteiger partial charge in [0.2, 0.25) is 5.95 Å². The van der Waals surface area contributed by atoms with Gasteiger partial charge in [0.25, 0.3) is 0 Å². The summed E-state index contributed by atoms with van der Waals surface area (Å²) in [6, 6.07) is 5.62. The SMILES string of the molecule is Cl.NCc1ccc2nc(N)nc(N)c2c1. The van der Waals surface area contributed by atoms with E-state index in [0.717, 1.165) is 16.5 Å². The molecule has 0 fully saturated rings. The molecule has 0 aliphatic heterocycles. The summed E-state index contributed by atoms with van der Waals surface area (Å²) >= 11 is 0. The lowest BCUT2D eigenvalue weighted by Gasteiger charge is -2.03. The fourth-order valence-electron chi connectivity index (χ4n) is 1.34. The van der Waals surface area contributed by atoms with Gasteiger partial charge in [-0.05, 0) is 17.7 Å². The highest BCUT2D eigenvalue weighted by atomic mass is 35.5. The van der Waals surface area contributed by atoms with Gasteiger partial charge in [0.05, 0.1) is 5.52 Å². The van der Waals surface area contributed by atoms with Crippen LogP contribution in [0.5, 0.6) is 0 Å². The first-order valence-corrected chi connectivity index (χ1v) is 4.22. The maximum Gasteiger partial charge on any atom is 0.222 e. The summed E-state index contributed by atoms with van der Waals surface area (Å²) in [5.74, 6) is 0.582. The summed E-state index contributed by atoms with van der Waals surface area (Å²) in [5, 5.41) is 0.794. The summed E-state index contributed by atoms with van der Waals surface area (Å²) in [6.45, 7) is 0.472. The van der Waals surface area contributed by atoms with Gasteiger partial charge in [0.15, 0.2) is 0 Å². The molecule has 2 aromatic rings. The Morgan fingerprint density at radius 1 is 1.13 bits per heavy atom. The van der Waals surface area contributed by atoms with Crippen LogP contribution >= 0.6 is 12.4 Å². The molecular weight excluding hydrogens is 214 g/mol. The lowest BCUT2D eigenvalue weighted by molar-refractivity contribution is 1.07. The molecule has 6 heteroatoms. The minimum atomic E-state index is 0. The van der Waals surface area contributed by atoms with Crippen LogP contribution < -0.4 is 17.2 Å². The van der Waals surface area contributed by atoms with Gasteiger partial charge >= 0.3 is 0 Å². The molecule has 1 aromatic carbocycles. The zero-order chi connectivity index (χ0) is 10.1. The molecule has 5 nitrogen and oxygen atoms in total. The van der Waals surface area contributed by atoms with Crippen molar-refractivity contribution in [3.63, 3.8) is 0 Å². The lowest BCUT2D eigenvalue weighted by Crippen LogP contribution is -2.02. The van der Waals surface area contributed by atoms with Crippen molar-refractivity contribution in [2.45, 2.75) is 6.54 Å². The molecular formula is C9H12ClN5. The van der Waals surface area contributed by atoms with E-state index in [2.05, 4.69) is 9.97 Å². The van der Waals surface area contributed by atoms with E-state index in [1.165, 1.54) is 0 Å². The molecule has 1 heterocycles. The molecule has 0 aliphatic carbocycles. The summed E-state index contributed by atoms with van der Waals surface area (Å²) in [7, 11) is 0. The molecule has 0 saturated carbocycles. The van der Waals surface area contributed by atoms with E-state index in [4.69, 9.17) is 17.2 Å². The average Bonchev–Trinajstić information content (AvgIpc) is 2.17. The molecule has 15 heavy (non-hydrogen) atoms. The number of nitrogen functional groups attached to an aromatic ring is 2. The molecule has 2 rings (SSSR count). The predicted molar refractivity (Wildman–Crippen MR) is 63.5 cm³/mol. The number of aromatic nitrogens is 2. The minimum absolute atomic E-state index is 0. The highest BCUT2D eigenvalue weighted by molar-refractivity contribution is 5.89. The van der Waals surface area contributed by atoms with Crippen molar-refractivity contribution in [3.05, 3.63) is 23.8 Å². The van der Waals surface area contributed by atoms with E-state index in [1.807, 2.05) is 18.2 Å². The van der Waals surface area contributed by atoms with Crippen molar-refractivity contribution in [1.82, 2.24) is 9.97 Å². The molecule has 0 unspecified atom stereocenters. The van der Waals surface area contributed by atoms with Crippen molar-refractivity contribution < 1.29 is 0 Å². The number of anilines is 2. The fourth-order valence-corrected chi connectivity index (χ4v) is 1.34. The topological polar surface area (TPSA) is 104 Å². The van der Waals surface area contributed by atoms with Crippen molar-refractivity contribution in [2.24, 2.45) is 5.73 Å². The quantitative estimate of drug-likeness (QED) is 0.662. The number of benzene rings is 1. The van der Waals surface area contributed by atoms with Gasteiger partial charge in [-0.1, -0.05) is 6.07 Å². The first-order valence-electron chi connectivity index (χ1n) is 4.22. The highest BCUT2D eigenvalue weighted by Crippen LogP contribution is 2.19. The van der Waals surface area contributed by atoms with E-state index in [0.29, 0.717) is 12.4 Å². The Morgan fingerprint density at radius 2 is 1.87 bits per heavy atom. The predicted octanol–water partition coefficient (Wildman–Crippen LogP) is 0.675. The van der Waals surface area contributed by atoms with Crippen LogP contribution in [0.25, 0.3) is 10.9 Å². The zero-order valence-electron chi connectivity index (χ0n) is 7.97. The van der Waals surface area contributed by atoms with Crippen LogP contribution in [0.2, 0.25) is 0 Å². The maximum absolute atomic E-state index is 5.71. The Balaban J connectivity index is 0.00000112. The number of halogens is 1. The molecule has 0 radical (unpaired) electrons. The second-order valence-electron chi connectivity index (χ2n) is 3.02. The first-order chi connectivity index (χ1) is 6.70. The Bertz CT molecular complexity index is 485. The van der Waals surface area contributed by atoms with Crippen LogP contribution in [0.15, 0.2) is 18.2 Å². The Morgan fingerprint density at radius 3 is 2.53 bits per heavy atom. The monoisotopic (exact) mass is 225 g/mol. The van der Waals surface area contributed by atoms with Crippen LogP contribution in [0.3, 0.4) is 0 Å². The summed E-state index contributed by atoms with van der Waals surface area (Å²) in [6.07, 6.45) is 0. The number of rotatable bonds is 1. The number of hydrogen-bond donors (Lipinski definition) is 3. The van der Waals surface area contributed by atoms with E-state index >= 15 is 0 Å². The third-order valence-corrected chi connectivity index (χ3v) is 2.04. The van der Waals surface area contributed by atoms with Crippen LogP contribution in [-0.2, 0) is 6.54 Å². The minimum Gasteiger partial charge on any atom is -0.383 e. The normalized spacial score (nSPS) is 9.93. The molecule has 0 saturated heterocycles. The van der Waals surface area contributed by atoms with Gasteiger partial charge < -0.3 is 17.2 Å². The molecule has 1 aromatic heterocycles. The number of hydrogen-bond acceptors (Lipinski definition) is 5. The van der Waals surface area contributed by atoms with Gasteiger partial charge in [0, 0.05) is 11.9 Å². The van der Waals surface area contributed by atoms with Crippen LogP contribution in [0, 0.1) is 0 Å². The molecule has 0 spiro atoms. The van der Waals surface area contributed by atoms with Gasteiger partial charge in [-0.25, -0.2) is 4.98 Å². The van der Waals surface area contributed by atoms with Crippen LogP contribution in [0.4, 0.5) is 11.8 Å². The standard InChI is InChI=1S/C9H11N5.ClH/c10-4-5-1-2-7-6(3-5)8(11)14-9(12)13-7;/h1-3H,4,10H2,(H4,11,12,13,14);1H. The van der Waals surface area contributed by atoms with E-state index < -0.39 is 0 Å². The van der Waals surface area contributed by atoms with Crippen LogP contribution in [0.1, 0.15) is 5.56 Å². The zero-order valence-corrected chi connectivity index (χ0v) is 8.79. The first kappa shape index (κ1) is 11.5. The molecule has 0 bridgehead atoms. The number of fused-ring (bicyclic) bond motifs is 1. The second kappa shape index (κ2) is 4.29. The number of nitrogens with two attached hydrogens (primary N) is 3. The maximum atomic E-state index is 5.71. The third-order valence-electron chi connectivity index (χ3n) is 2.04. The molecule has 0 aliphatic rings. The summed E-state index contributed by atoms with van der Waals surface area (Å²) in [4.78, 5) is 7.94. The van der Waals surface area contributed by atoms with Crippen LogP contribution in [-0.4, -0.2) is 9.97 Å². The third kappa shape index (κ3) is 2.08. The van der Waals surface area contributed by atoms with Gasteiger partial charge in [-0.15, -0.1) is 12.4 Å². The molecule has 6 N–H and O–H groups in total. The molecule has 80 valence electrons. The summed E-state index contributed by atoms with van der Waals surface area (Å²) in [5.41, 5.74) is 18.4. The van der Waals surface area contributed by atoms with Crippen molar-refractivity contribution in [2.75, 3.05) is 11.5 Å². The lowest BCUT2D eigenvalue weighted by atomic mass is 10.1. The Hall–Kier alpha value is -1.59. The van der Waals surface area contributed by atoms with Gasteiger partial charge in [0.1, 0.15) is 5.82 Å². The summed E-state index contributed by atoms with van der Waals surface area (Å²) < 4.78 is 0. The largest absolute Gasteiger partial charge is 0.383 e. The highest BCUT2D eigenvalue weighted by Gasteiger charge is 2.03. The van der Waals surface area contributed by atoms with Crippen molar-refractivity contribution in [3.8, 4) is 0 Å². The van der Waals surface area contributed by atoms with E-state index in [-0.39, 0.29) is 18.4 Å². The van der Waals surface area contributed by atoms with E-state index in [9.17, 15) is 0 Å². The van der Waals surface area contributed by atoms with Crippen molar-refractivity contribution >= 4 is 35.1 Å². The smallest absolute Gasteiger partial charge is 0.222 e. The molecule has 0 amide bonds. The number of nitrogens with zero attached hydrogens (tertiary/aromatic N) is 2. The van der Waals surface area contributed by atoms with Gasteiger partial charge in [-0.3, -0.25) is 0 Å². The Kier molecular flexibility index (Phi) is 3.28. The fraction of sp³-hybridized carbons (Fsp3) is 0.111. The second-order valence-corrected chi connectivity index (χ2v) is 3.02. The van der Waals surface area contributed by atoms with Gasteiger partial charge in [-0.2, -0.15) is 4.98 Å². The Labute approximate surface area is 93.1 Å².